The molecule has 118 valence electrons. The SMILES string of the molecule is CCCCCNc1nc(C)cc(NCc2ccc(Cl)cc2)n1. The maximum atomic E-state index is 5.89. The number of rotatable bonds is 8. The minimum Gasteiger partial charge on any atom is -0.366 e. The Balaban J connectivity index is 1.92. The number of nitrogens with zero attached hydrogens (tertiary/aromatic N) is 2. The third-order valence-electron chi connectivity index (χ3n) is 3.30. The Morgan fingerprint density at radius 2 is 1.82 bits per heavy atom. The summed E-state index contributed by atoms with van der Waals surface area (Å²) in [5.41, 5.74) is 2.12. The zero-order valence-electron chi connectivity index (χ0n) is 13.2. The van der Waals surface area contributed by atoms with E-state index in [2.05, 4.69) is 27.5 Å². The second-order valence-corrected chi connectivity index (χ2v) is 5.77. The smallest absolute Gasteiger partial charge is 0.224 e. The van der Waals surface area contributed by atoms with Crippen LogP contribution in [0.5, 0.6) is 0 Å². The van der Waals surface area contributed by atoms with Gasteiger partial charge in [0.25, 0.3) is 0 Å². The lowest BCUT2D eigenvalue weighted by Gasteiger charge is -2.10. The van der Waals surface area contributed by atoms with E-state index in [0.717, 1.165) is 35.1 Å². The van der Waals surface area contributed by atoms with Gasteiger partial charge in [-0.3, -0.25) is 0 Å². The highest BCUT2D eigenvalue weighted by Crippen LogP contribution is 2.13. The van der Waals surface area contributed by atoms with Crippen LogP contribution in [-0.4, -0.2) is 16.5 Å². The average molecular weight is 319 g/mol. The molecule has 4 nitrogen and oxygen atoms in total. The molecule has 1 aromatic heterocycles. The number of hydrogen-bond acceptors (Lipinski definition) is 4. The Morgan fingerprint density at radius 3 is 2.55 bits per heavy atom. The van der Waals surface area contributed by atoms with Crippen LogP contribution in [0.25, 0.3) is 0 Å². The summed E-state index contributed by atoms with van der Waals surface area (Å²) in [6.45, 7) is 5.80. The summed E-state index contributed by atoms with van der Waals surface area (Å²) in [6, 6.07) is 9.75. The summed E-state index contributed by atoms with van der Waals surface area (Å²) in [5.74, 6) is 1.52. The number of benzene rings is 1. The lowest BCUT2D eigenvalue weighted by molar-refractivity contribution is 0.740. The van der Waals surface area contributed by atoms with Crippen molar-refractivity contribution in [1.82, 2.24) is 9.97 Å². The molecular weight excluding hydrogens is 296 g/mol. The molecule has 1 heterocycles. The van der Waals surface area contributed by atoms with E-state index in [1.807, 2.05) is 37.3 Å². The molecule has 0 radical (unpaired) electrons. The van der Waals surface area contributed by atoms with Gasteiger partial charge in [0.05, 0.1) is 0 Å². The van der Waals surface area contributed by atoms with Crippen molar-refractivity contribution in [3.8, 4) is 0 Å². The number of aromatic nitrogens is 2. The molecule has 22 heavy (non-hydrogen) atoms. The molecule has 2 rings (SSSR count). The Morgan fingerprint density at radius 1 is 1.05 bits per heavy atom. The standard InChI is InChI=1S/C17H23ClN4/c1-3-4-5-10-19-17-21-13(2)11-16(22-17)20-12-14-6-8-15(18)9-7-14/h6-9,11H,3-5,10,12H2,1-2H3,(H2,19,20,21,22). The molecule has 0 bridgehead atoms. The molecule has 0 fully saturated rings. The first-order valence-corrected chi connectivity index (χ1v) is 8.13. The second kappa shape index (κ2) is 8.59. The predicted octanol–water partition coefficient (Wildman–Crippen LogP) is 4.65. The minimum absolute atomic E-state index is 0.690. The van der Waals surface area contributed by atoms with Gasteiger partial charge in [-0.15, -0.1) is 0 Å². The van der Waals surface area contributed by atoms with E-state index in [0.29, 0.717) is 12.5 Å². The molecule has 0 amide bonds. The van der Waals surface area contributed by atoms with Crippen molar-refractivity contribution in [2.75, 3.05) is 17.2 Å². The maximum Gasteiger partial charge on any atom is 0.224 e. The molecule has 2 N–H and O–H groups in total. The third kappa shape index (κ3) is 5.53. The van der Waals surface area contributed by atoms with Crippen LogP contribution in [0.15, 0.2) is 30.3 Å². The van der Waals surface area contributed by atoms with E-state index >= 15 is 0 Å². The molecular formula is C17H23ClN4. The van der Waals surface area contributed by atoms with Crippen LogP contribution < -0.4 is 10.6 Å². The molecule has 2 aromatic rings. The van der Waals surface area contributed by atoms with Gasteiger partial charge >= 0.3 is 0 Å². The fourth-order valence-corrected chi connectivity index (χ4v) is 2.23. The molecule has 1 aromatic carbocycles. The molecule has 0 aliphatic rings. The maximum absolute atomic E-state index is 5.89. The minimum atomic E-state index is 0.690. The third-order valence-corrected chi connectivity index (χ3v) is 3.56. The van der Waals surface area contributed by atoms with Gasteiger partial charge in [0.1, 0.15) is 5.82 Å². The largest absolute Gasteiger partial charge is 0.366 e. The van der Waals surface area contributed by atoms with E-state index < -0.39 is 0 Å². The topological polar surface area (TPSA) is 49.8 Å². The van der Waals surface area contributed by atoms with Crippen LogP contribution in [0, 0.1) is 6.92 Å². The second-order valence-electron chi connectivity index (χ2n) is 5.33. The van der Waals surface area contributed by atoms with Crippen LogP contribution in [0.4, 0.5) is 11.8 Å². The summed E-state index contributed by atoms with van der Waals surface area (Å²) in [6.07, 6.45) is 3.58. The fraction of sp³-hybridized carbons (Fsp3) is 0.412. The molecule has 0 aliphatic carbocycles. The molecule has 0 spiro atoms. The number of hydrogen-bond donors (Lipinski definition) is 2. The van der Waals surface area contributed by atoms with Crippen LogP contribution in [-0.2, 0) is 6.54 Å². The number of anilines is 2. The molecule has 0 aliphatic heterocycles. The van der Waals surface area contributed by atoms with Gasteiger partial charge in [-0.05, 0) is 31.0 Å². The van der Waals surface area contributed by atoms with Crippen molar-refractivity contribution in [3.05, 3.63) is 46.6 Å². The van der Waals surface area contributed by atoms with Gasteiger partial charge in [-0.25, -0.2) is 4.98 Å². The van der Waals surface area contributed by atoms with Crippen LogP contribution in [0.3, 0.4) is 0 Å². The number of aryl methyl sites for hydroxylation is 1. The summed E-state index contributed by atoms with van der Waals surface area (Å²) in [5, 5.41) is 7.37. The summed E-state index contributed by atoms with van der Waals surface area (Å²) in [4.78, 5) is 8.92. The van der Waals surface area contributed by atoms with E-state index in [1.54, 1.807) is 0 Å². The van der Waals surface area contributed by atoms with Gasteiger partial charge in [-0.2, -0.15) is 4.98 Å². The zero-order chi connectivity index (χ0) is 15.8. The quantitative estimate of drug-likeness (QED) is 0.695. The Labute approximate surface area is 137 Å². The summed E-state index contributed by atoms with van der Waals surface area (Å²) < 4.78 is 0. The first-order valence-electron chi connectivity index (χ1n) is 7.75. The molecule has 0 atom stereocenters. The highest BCUT2D eigenvalue weighted by Gasteiger charge is 2.02. The normalized spacial score (nSPS) is 10.5. The van der Waals surface area contributed by atoms with Crippen molar-refractivity contribution in [1.29, 1.82) is 0 Å². The first-order chi connectivity index (χ1) is 10.7. The van der Waals surface area contributed by atoms with Crippen molar-refractivity contribution < 1.29 is 0 Å². The Bertz CT molecular complexity index is 584. The molecule has 0 unspecified atom stereocenters. The number of nitrogens with one attached hydrogen (secondary N) is 2. The lowest BCUT2D eigenvalue weighted by Crippen LogP contribution is -2.09. The monoisotopic (exact) mass is 318 g/mol. The Hall–Kier alpha value is -1.81. The van der Waals surface area contributed by atoms with Gasteiger partial charge in [-0.1, -0.05) is 43.5 Å². The first kappa shape index (κ1) is 16.6. The van der Waals surface area contributed by atoms with Gasteiger partial charge in [0, 0.05) is 29.9 Å². The van der Waals surface area contributed by atoms with Crippen LogP contribution >= 0.6 is 11.6 Å². The van der Waals surface area contributed by atoms with Crippen molar-refractivity contribution in [3.63, 3.8) is 0 Å². The summed E-state index contributed by atoms with van der Waals surface area (Å²) in [7, 11) is 0. The van der Waals surface area contributed by atoms with Crippen molar-refractivity contribution >= 4 is 23.4 Å². The molecule has 5 heteroatoms. The highest BCUT2D eigenvalue weighted by molar-refractivity contribution is 6.30. The van der Waals surface area contributed by atoms with Gasteiger partial charge in [0.15, 0.2) is 0 Å². The molecule has 0 saturated carbocycles. The van der Waals surface area contributed by atoms with E-state index in [1.165, 1.54) is 12.8 Å². The highest BCUT2D eigenvalue weighted by atomic mass is 35.5. The summed E-state index contributed by atoms with van der Waals surface area (Å²) >= 11 is 5.89. The average Bonchev–Trinajstić information content (AvgIpc) is 2.51. The van der Waals surface area contributed by atoms with Gasteiger partial charge < -0.3 is 10.6 Å². The predicted molar refractivity (Wildman–Crippen MR) is 93.6 cm³/mol. The lowest BCUT2D eigenvalue weighted by atomic mass is 10.2. The number of unbranched alkanes of at least 4 members (excludes halogenated alkanes) is 2. The van der Waals surface area contributed by atoms with E-state index in [9.17, 15) is 0 Å². The fourth-order valence-electron chi connectivity index (χ4n) is 2.11. The zero-order valence-corrected chi connectivity index (χ0v) is 14.0. The van der Waals surface area contributed by atoms with E-state index in [-0.39, 0.29) is 0 Å². The number of halogens is 1. The van der Waals surface area contributed by atoms with Crippen molar-refractivity contribution in [2.24, 2.45) is 0 Å². The van der Waals surface area contributed by atoms with Crippen LogP contribution in [0.2, 0.25) is 5.02 Å². The molecule has 0 saturated heterocycles. The van der Waals surface area contributed by atoms with Crippen LogP contribution in [0.1, 0.15) is 37.4 Å². The van der Waals surface area contributed by atoms with Gasteiger partial charge in [0.2, 0.25) is 5.95 Å². The van der Waals surface area contributed by atoms with Crippen molar-refractivity contribution in [2.45, 2.75) is 39.7 Å². The van der Waals surface area contributed by atoms with E-state index in [4.69, 9.17) is 11.6 Å². The Kier molecular flexibility index (Phi) is 6.46.